The Bertz CT molecular complexity index is 410. The molecule has 1 rings (SSSR count). The fraction of sp³-hybridized carbons (Fsp3) is 0.533. The summed E-state index contributed by atoms with van der Waals surface area (Å²) in [5.41, 5.74) is 6.76. The van der Waals surface area contributed by atoms with E-state index in [1.54, 1.807) is 7.11 Å². The SMILES string of the molecule is COc1ccc(NC(N)=NCCCSCC(C)C)cc1.I. The maximum absolute atomic E-state index is 5.84. The molecule has 0 spiro atoms. The predicted octanol–water partition coefficient (Wildman–Crippen LogP) is 3.82. The summed E-state index contributed by atoms with van der Waals surface area (Å²) in [6, 6.07) is 7.61. The highest BCUT2D eigenvalue weighted by atomic mass is 127. The number of ether oxygens (including phenoxy) is 1. The number of guanidine groups is 1. The van der Waals surface area contributed by atoms with E-state index in [9.17, 15) is 0 Å². The summed E-state index contributed by atoms with van der Waals surface area (Å²) >= 11 is 1.98. The van der Waals surface area contributed by atoms with E-state index >= 15 is 0 Å². The van der Waals surface area contributed by atoms with E-state index < -0.39 is 0 Å². The van der Waals surface area contributed by atoms with Crippen LogP contribution in [0.3, 0.4) is 0 Å². The zero-order valence-electron chi connectivity index (χ0n) is 13.0. The number of methoxy groups -OCH3 is 1. The predicted molar refractivity (Wildman–Crippen MR) is 105 cm³/mol. The van der Waals surface area contributed by atoms with Gasteiger partial charge in [0.05, 0.1) is 7.11 Å². The third-order valence-electron chi connectivity index (χ3n) is 2.54. The van der Waals surface area contributed by atoms with Gasteiger partial charge in [-0.3, -0.25) is 4.99 Å². The monoisotopic (exact) mass is 423 g/mol. The van der Waals surface area contributed by atoms with Gasteiger partial charge in [0.15, 0.2) is 5.96 Å². The minimum atomic E-state index is 0. The van der Waals surface area contributed by atoms with E-state index in [0.717, 1.165) is 36.1 Å². The average Bonchev–Trinajstić information content (AvgIpc) is 2.43. The Morgan fingerprint density at radius 1 is 1.33 bits per heavy atom. The maximum atomic E-state index is 5.84. The first kappa shape index (κ1) is 20.4. The van der Waals surface area contributed by atoms with Crippen LogP contribution in [-0.2, 0) is 0 Å². The van der Waals surface area contributed by atoms with E-state index in [0.29, 0.717) is 5.96 Å². The molecule has 0 saturated carbocycles. The van der Waals surface area contributed by atoms with Crippen LogP contribution < -0.4 is 15.8 Å². The van der Waals surface area contributed by atoms with Crippen LogP contribution in [0.4, 0.5) is 5.69 Å². The molecule has 0 aliphatic carbocycles. The molecule has 6 heteroatoms. The second-order valence-electron chi connectivity index (χ2n) is 4.94. The molecule has 0 amide bonds. The van der Waals surface area contributed by atoms with Crippen molar-refractivity contribution in [1.29, 1.82) is 0 Å². The molecule has 120 valence electrons. The Morgan fingerprint density at radius 3 is 2.57 bits per heavy atom. The second-order valence-corrected chi connectivity index (χ2v) is 6.09. The number of hydrogen-bond acceptors (Lipinski definition) is 3. The van der Waals surface area contributed by atoms with Gasteiger partial charge in [0, 0.05) is 12.2 Å². The van der Waals surface area contributed by atoms with E-state index in [4.69, 9.17) is 10.5 Å². The van der Waals surface area contributed by atoms with Crippen LogP contribution >= 0.6 is 35.7 Å². The number of nitrogens with zero attached hydrogens (tertiary/aromatic N) is 1. The fourth-order valence-electron chi connectivity index (χ4n) is 1.55. The summed E-state index contributed by atoms with van der Waals surface area (Å²) < 4.78 is 5.10. The number of nitrogens with two attached hydrogens (primary N) is 1. The minimum absolute atomic E-state index is 0. The van der Waals surface area contributed by atoms with E-state index in [2.05, 4.69) is 24.2 Å². The van der Waals surface area contributed by atoms with Gasteiger partial charge in [0.1, 0.15) is 5.75 Å². The molecule has 0 heterocycles. The van der Waals surface area contributed by atoms with Crippen molar-refractivity contribution < 1.29 is 4.74 Å². The van der Waals surface area contributed by atoms with Gasteiger partial charge < -0.3 is 15.8 Å². The average molecular weight is 423 g/mol. The molecule has 1 aromatic carbocycles. The van der Waals surface area contributed by atoms with Crippen LogP contribution in [0.25, 0.3) is 0 Å². The molecule has 3 N–H and O–H groups in total. The van der Waals surface area contributed by atoms with Crippen molar-refractivity contribution >= 4 is 47.4 Å². The van der Waals surface area contributed by atoms with Gasteiger partial charge in [0.25, 0.3) is 0 Å². The topological polar surface area (TPSA) is 59.6 Å². The molecule has 0 radical (unpaired) electrons. The second kappa shape index (κ2) is 12.0. The number of aliphatic imine (C=N–C) groups is 1. The third kappa shape index (κ3) is 9.84. The first-order chi connectivity index (χ1) is 9.61. The largest absolute Gasteiger partial charge is 0.497 e. The summed E-state index contributed by atoms with van der Waals surface area (Å²) in [5, 5.41) is 3.07. The minimum Gasteiger partial charge on any atom is -0.497 e. The summed E-state index contributed by atoms with van der Waals surface area (Å²) in [7, 11) is 1.65. The number of rotatable bonds is 8. The van der Waals surface area contributed by atoms with Gasteiger partial charge in [-0.1, -0.05) is 13.8 Å². The van der Waals surface area contributed by atoms with E-state index in [1.165, 1.54) is 5.75 Å². The van der Waals surface area contributed by atoms with Gasteiger partial charge in [0.2, 0.25) is 0 Å². The summed E-state index contributed by atoms with van der Waals surface area (Å²) in [4.78, 5) is 4.32. The van der Waals surface area contributed by atoms with Gasteiger partial charge in [-0.05, 0) is 48.1 Å². The molecule has 21 heavy (non-hydrogen) atoms. The molecular weight excluding hydrogens is 397 g/mol. The molecular formula is C15H26IN3OS. The van der Waals surface area contributed by atoms with Crippen molar-refractivity contribution in [3.63, 3.8) is 0 Å². The number of nitrogens with one attached hydrogen (secondary N) is 1. The van der Waals surface area contributed by atoms with Crippen LogP contribution in [-0.4, -0.2) is 31.1 Å². The first-order valence-electron chi connectivity index (χ1n) is 6.90. The van der Waals surface area contributed by atoms with Crippen molar-refractivity contribution in [2.75, 3.05) is 30.5 Å². The van der Waals surface area contributed by atoms with Gasteiger partial charge >= 0.3 is 0 Å². The van der Waals surface area contributed by atoms with Crippen LogP contribution in [0.15, 0.2) is 29.3 Å². The molecule has 0 aliphatic rings. The number of anilines is 1. The number of halogens is 1. The maximum Gasteiger partial charge on any atom is 0.193 e. The summed E-state index contributed by atoms with van der Waals surface area (Å²) in [5.74, 6) is 4.39. The Hall–Kier alpha value is -0.630. The highest BCUT2D eigenvalue weighted by Gasteiger charge is 1.97. The lowest BCUT2D eigenvalue weighted by Crippen LogP contribution is -2.22. The highest BCUT2D eigenvalue weighted by Crippen LogP contribution is 2.14. The zero-order valence-corrected chi connectivity index (χ0v) is 16.1. The summed E-state index contributed by atoms with van der Waals surface area (Å²) in [6.45, 7) is 5.24. The van der Waals surface area contributed by atoms with Gasteiger partial charge in [-0.15, -0.1) is 24.0 Å². The van der Waals surface area contributed by atoms with Crippen LogP contribution in [0.2, 0.25) is 0 Å². The normalized spacial score (nSPS) is 11.1. The number of hydrogen-bond donors (Lipinski definition) is 2. The third-order valence-corrected chi connectivity index (χ3v) is 4.02. The van der Waals surface area contributed by atoms with Gasteiger partial charge in [-0.2, -0.15) is 11.8 Å². The Kier molecular flexibility index (Phi) is 11.6. The Balaban J connectivity index is 0.00000400. The van der Waals surface area contributed by atoms with Gasteiger partial charge in [-0.25, -0.2) is 0 Å². The van der Waals surface area contributed by atoms with Crippen LogP contribution in [0, 0.1) is 5.92 Å². The van der Waals surface area contributed by atoms with Crippen molar-refractivity contribution in [3.05, 3.63) is 24.3 Å². The van der Waals surface area contributed by atoms with E-state index in [-0.39, 0.29) is 24.0 Å². The molecule has 0 bridgehead atoms. The quantitative estimate of drug-likeness (QED) is 0.289. The van der Waals surface area contributed by atoms with Crippen LogP contribution in [0.1, 0.15) is 20.3 Å². The standard InChI is InChI=1S/C15H25N3OS.HI/c1-12(2)11-20-10-4-9-17-15(16)18-13-5-7-14(19-3)8-6-13;/h5-8,12H,4,9-11H2,1-3H3,(H3,16,17,18);1H. The Labute approximate surface area is 149 Å². The number of benzene rings is 1. The molecule has 1 aromatic rings. The molecule has 0 aromatic heterocycles. The van der Waals surface area contributed by atoms with E-state index in [1.807, 2.05) is 36.0 Å². The lowest BCUT2D eigenvalue weighted by atomic mass is 10.3. The van der Waals surface area contributed by atoms with Crippen molar-refractivity contribution in [1.82, 2.24) is 0 Å². The highest BCUT2D eigenvalue weighted by molar-refractivity contribution is 14.0. The van der Waals surface area contributed by atoms with Crippen molar-refractivity contribution in [2.24, 2.45) is 16.6 Å². The smallest absolute Gasteiger partial charge is 0.193 e. The zero-order chi connectivity index (χ0) is 14.8. The molecule has 0 atom stereocenters. The lowest BCUT2D eigenvalue weighted by Gasteiger charge is -2.07. The molecule has 0 saturated heterocycles. The molecule has 4 nitrogen and oxygen atoms in total. The number of thioether (sulfide) groups is 1. The van der Waals surface area contributed by atoms with Crippen molar-refractivity contribution in [2.45, 2.75) is 20.3 Å². The molecule has 0 aliphatic heterocycles. The first-order valence-corrected chi connectivity index (χ1v) is 8.06. The fourth-order valence-corrected chi connectivity index (χ4v) is 2.52. The van der Waals surface area contributed by atoms with Crippen LogP contribution in [0.5, 0.6) is 5.75 Å². The lowest BCUT2D eigenvalue weighted by molar-refractivity contribution is 0.415. The summed E-state index contributed by atoms with van der Waals surface area (Å²) in [6.07, 6.45) is 1.06. The van der Waals surface area contributed by atoms with Crippen molar-refractivity contribution in [3.8, 4) is 5.75 Å². The molecule has 0 unspecified atom stereocenters. The Morgan fingerprint density at radius 2 is 2.00 bits per heavy atom. The molecule has 0 fully saturated rings.